The van der Waals surface area contributed by atoms with Crippen LogP contribution in [0.3, 0.4) is 0 Å². The van der Waals surface area contributed by atoms with Crippen molar-refractivity contribution in [3.63, 3.8) is 0 Å². The first-order chi connectivity index (χ1) is 10.4. The van der Waals surface area contributed by atoms with E-state index in [0.29, 0.717) is 13.0 Å². The summed E-state index contributed by atoms with van der Waals surface area (Å²) in [7, 11) is 0. The van der Waals surface area contributed by atoms with Gasteiger partial charge in [0, 0.05) is 38.9 Å². The summed E-state index contributed by atoms with van der Waals surface area (Å²) in [5.74, 6) is -1.39. The largest absolute Gasteiger partial charge is 0.481 e. The van der Waals surface area contributed by atoms with Gasteiger partial charge in [-0.15, -0.1) is 0 Å². The van der Waals surface area contributed by atoms with Crippen LogP contribution in [0.1, 0.15) is 38.5 Å². The third-order valence-corrected chi connectivity index (χ3v) is 5.35. The van der Waals surface area contributed by atoms with Gasteiger partial charge in [0.1, 0.15) is 0 Å². The van der Waals surface area contributed by atoms with Gasteiger partial charge in [-0.25, -0.2) is 0 Å². The lowest BCUT2D eigenvalue weighted by Crippen LogP contribution is -2.38. The lowest BCUT2D eigenvalue weighted by Gasteiger charge is -2.23. The van der Waals surface area contributed by atoms with Crippen LogP contribution in [0, 0.1) is 11.3 Å². The average Bonchev–Trinajstić information content (AvgIpc) is 3.10. The highest BCUT2D eigenvalue weighted by atomic mass is 16.4. The molecule has 2 aliphatic heterocycles. The highest BCUT2D eigenvalue weighted by Crippen LogP contribution is 2.48. The summed E-state index contributed by atoms with van der Waals surface area (Å²) in [5, 5.41) is 9.51. The smallest absolute Gasteiger partial charge is 0.311 e. The SMILES string of the molecule is O=C(CCN1C(=O)CCC1=O)N1C[C@@H]2CCC[C@@]2(C(=O)O)C1. The van der Waals surface area contributed by atoms with Gasteiger partial charge in [0.25, 0.3) is 0 Å². The standard InChI is InChI=1S/C15H20N2O5/c18-11(5-7-17-12(19)3-4-13(17)20)16-8-10-2-1-6-15(10,9-16)14(21)22/h10H,1-9H2,(H,21,22)/t10-,15+/m0/s1. The predicted octanol–water partition coefficient (Wildman–Crippen LogP) is 0.239. The molecule has 2 saturated heterocycles. The van der Waals surface area contributed by atoms with Crippen LogP contribution in [0.4, 0.5) is 0 Å². The van der Waals surface area contributed by atoms with Gasteiger partial charge >= 0.3 is 5.97 Å². The Kier molecular flexibility index (Phi) is 3.66. The fourth-order valence-corrected chi connectivity index (χ4v) is 4.07. The van der Waals surface area contributed by atoms with Gasteiger partial charge in [0.05, 0.1) is 5.41 Å². The molecule has 120 valence electrons. The second kappa shape index (κ2) is 5.37. The van der Waals surface area contributed by atoms with Crippen LogP contribution < -0.4 is 0 Å². The van der Waals surface area contributed by atoms with Crippen molar-refractivity contribution in [3.8, 4) is 0 Å². The molecule has 3 aliphatic rings. The van der Waals surface area contributed by atoms with E-state index < -0.39 is 11.4 Å². The number of imide groups is 1. The predicted molar refractivity (Wildman–Crippen MR) is 74.6 cm³/mol. The number of hydrogen-bond donors (Lipinski definition) is 1. The first kappa shape index (κ1) is 15.0. The number of carboxylic acid groups (broad SMARTS) is 1. The van der Waals surface area contributed by atoms with E-state index in [1.807, 2.05) is 0 Å². The summed E-state index contributed by atoms with van der Waals surface area (Å²) in [6.07, 6.45) is 2.90. The normalized spacial score (nSPS) is 31.0. The molecule has 2 atom stereocenters. The van der Waals surface area contributed by atoms with Gasteiger partial charge in [0.15, 0.2) is 0 Å². The molecule has 1 N–H and O–H groups in total. The molecule has 0 aromatic rings. The fraction of sp³-hybridized carbons (Fsp3) is 0.733. The monoisotopic (exact) mass is 308 g/mol. The molecule has 1 saturated carbocycles. The third-order valence-electron chi connectivity index (χ3n) is 5.35. The first-order valence-corrected chi connectivity index (χ1v) is 7.78. The Morgan fingerprint density at radius 2 is 1.91 bits per heavy atom. The zero-order chi connectivity index (χ0) is 15.9. The van der Waals surface area contributed by atoms with Gasteiger partial charge in [-0.05, 0) is 18.8 Å². The first-order valence-electron chi connectivity index (χ1n) is 7.78. The average molecular weight is 308 g/mol. The van der Waals surface area contributed by atoms with Crippen molar-refractivity contribution in [2.45, 2.75) is 38.5 Å². The number of nitrogens with zero attached hydrogens (tertiary/aromatic N) is 2. The summed E-state index contributed by atoms with van der Waals surface area (Å²) in [6.45, 7) is 0.846. The van der Waals surface area contributed by atoms with Crippen molar-refractivity contribution in [3.05, 3.63) is 0 Å². The van der Waals surface area contributed by atoms with E-state index in [1.54, 1.807) is 4.90 Å². The maximum atomic E-state index is 12.3. The van der Waals surface area contributed by atoms with E-state index in [9.17, 15) is 24.3 Å². The van der Waals surface area contributed by atoms with E-state index in [0.717, 1.165) is 17.7 Å². The van der Waals surface area contributed by atoms with E-state index >= 15 is 0 Å². The summed E-state index contributed by atoms with van der Waals surface area (Å²) >= 11 is 0. The van der Waals surface area contributed by atoms with Crippen molar-refractivity contribution in [2.75, 3.05) is 19.6 Å². The van der Waals surface area contributed by atoms with Crippen LogP contribution in [-0.4, -0.2) is 58.2 Å². The third kappa shape index (κ3) is 2.28. The highest BCUT2D eigenvalue weighted by Gasteiger charge is 2.55. The highest BCUT2D eigenvalue weighted by molar-refractivity contribution is 6.02. The van der Waals surface area contributed by atoms with Crippen molar-refractivity contribution in [1.29, 1.82) is 0 Å². The van der Waals surface area contributed by atoms with Crippen molar-refractivity contribution >= 4 is 23.7 Å². The summed E-state index contributed by atoms with van der Waals surface area (Å²) in [4.78, 5) is 49.7. The van der Waals surface area contributed by atoms with Crippen molar-refractivity contribution < 1.29 is 24.3 Å². The molecular formula is C15H20N2O5. The van der Waals surface area contributed by atoms with E-state index in [1.165, 1.54) is 0 Å². The van der Waals surface area contributed by atoms with Crippen LogP contribution in [0.5, 0.6) is 0 Å². The van der Waals surface area contributed by atoms with Crippen LogP contribution in [0.2, 0.25) is 0 Å². The Bertz CT molecular complexity index is 530. The van der Waals surface area contributed by atoms with Gasteiger partial charge in [-0.3, -0.25) is 24.1 Å². The Morgan fingerprint density at radius 1 is 1.23 bits per heavy atom. The molecule has 0 aromatic carbocycles. The van der Waals surface area contributed by atoms with Gasteiger partial charge < -0.3 is 10.0 Å². The zero-order valence-electron chi connectivity index (χ0n) is 12.4. The van der Waals surface area contributed by atoms with Crippen molar-refractivity contribution in [2.24, 2.45) is 11.3 Å². The molecule has 0 radical (unpaired) electrons. The number of likely N-dealkylation sites (tertiary alicyclic amines) is 2. The van der Waals surface area contributed by atoms with E-state index in [-0.39, 0.29) is 56.0 Å². The minimum absolute atomic E-state index is 0.0315. The maximum absolute atomic E-state index is 12.3. The molecular weight excluding hydrogens is 288 g/mol. The Labute approximate surface area is 128 Å². The molecule has 0 unspecified atom stereocenters. The van der Waals surface area contributed by atoms with Gasteiger partial charge in [0.2, 0.25) is 17.7 Å². The van der Waals surface area contributed by atoms with Crippen LogP contribution >= 0.6 is 0 Å². The Balaban J connectivity index is 1.59. The topological polar surface area (TPSA) is 95.0 Å². The Hall–Kier alpha value is -1.92. The van der Waals surface area contributed by atoms with Gasteiger partial charge in [-0.1, -0.05) is 6.42 Å². The lowest BCUT2D eigenvalue weighted by atomic mass is 9.81. The molecule has 2 heterocycles. The molecule has 3 fully saturated rings. The van der Waals surface area contributed by atoms with Crippen LogP contribution in [0.25, 0.3) is 0 Å². The number of rotatable bonds is 4. The minimum atomic E-state index is -0.810. The van der Waals surface area contributed by atoms with E-state index in [4.69, 9.17) is 0 Å². The molecule has 0 spiro atoms. The second-order valence-corrected chi connectivity index (χ2v) is 6.51. The number of aliphatic carboxylic acids is 1. The molecule has 0 aromatic heterocycles. The van der Waals surface area contributed by atoms with E-state index in [2.05, 4.69) is 0 Å². The number of hydrogen-bond acceptors (Lipinski definition) is 4. The zero-order valence-corrected chi connectivity index (χ0v) is 12.4. The van der Waals surface area contributed by atoms with Crippen LogP contribution in [0.15, 0.2) is 0 Å². The summed E-state index contributed by atoms with van der Waals surface area (Å²) in [5.41, 5.74) is -0.783. The van der Waals surface area contributed by atoms with Gasteiger partial charge in [-0.2, -0.15) is 0 Å². The number of carbonyl (C=O) groups excluding carboxylic acids is 3. The molecule has 3 amide bonds. The number of amides is 3. The fourth-order valence-electron chi connectivity index (χ4n) is 4.07. The molecule has 22 heavy (non-hydrogen) atoms. The maximum Gasteiger partial charge on any atom is 0.311 e. The molecule has 7 heteroatoms. The van der Waals surface area contributed by atoms with Crippen LogP contribution in [-0.2, 0) is 19.2 Å². The molecule has 0 bridgehead atoms. The van der Waals surface area contributed by atoms with Crippen molar-refractivity contribution in [1.82, 2.24) is 9.80 Å². The number of fused-ring (bicyclic) bond motifs is 1. The number of carboxylic acids is 1. The lowest BCUT2D eigenvalue weighted by molar-refractivity contribution is -0.149. The molecule has 3 rings (SSSR count). The minimum Gasteiger partial charge on any atom is -0.481 e. The second-order valence-electron chi connectivity index (χ2n) is 6.51. The molecule has 1 aliphatic carbocycles. The Morgan fingerprint density at radius 3 is 2.50 bits per heavy atom. The molecule has 7 nitrogen and oxygen atoms in total. The quantitative estimate of drug-likeness (QED) is 0.751. The summed E-state index contributed by atoms with van der Waals surface area (Å²) < 4.78 is 0. The number of carbonyl (C=O) groups is 4. The summed E-state index contributed by atoms with van der Waals surface area (Å²) in [6, 6.07) is 0.